The van der Waals surface area contributed by atoms with Crippen molar-refractivity contribution in [1.82, 2.24) is 9.97 Å². The van der Waals surface area contributed by atoms with Crippen LogP contribution in [0.25, 0.3) is 10.6 Å². The molecule has 0 atom stereocenters. The Morgan fingerprint density at radius 3 is 2.53 bits per heavy atom. The number of benzene rings is 2. The van der Waals surface area contributed by atoms with Crippen LogP contribution in [-0.4, -0.2) is 9.97 Å². The molecule has 152 valence electrons. The first-order valence-electron chi connectivity index (χ1n) is 9.02. The lowest BCUT2D eigenvalue weighted by Crippen LogP contribution is -2.09. The number of nitrogens with one attached hydrogen (secondary N) is 1. The summed E-state index contributed by atoms with van der Waals surface area (Å²) in [5.41, 5.74) is 1.05. The van der Waals surface area contributed by atoms with E-state index in [2.05, 4.69) is 15.3 Å². The Morgan fingerprint density at radius 2 is 1.73 bits per heavy atom. The van der Waals surface area contributed by atoms with Crippen LogP contribution in [0.2, 0.25) is 0 Å². The summed E-state index contributed by atoms with van der Waals surface area (Å²) in [6.45, 7) is 0.304. The van der Waals surface area contributed by atoms with Crippen molar-refractivity contribution in [2.75, 3.05) is 5.32 Å². The number of alkyl halides is 3. The smallest absolute Gasteiger partial charge is 0.433 e. The van der Waals surface area contributed by atoms with Gasteiger partial charge in [-0.3, -0.25) is 4.98 Å². The van der Waals surface area contributed by atoms with Crippen LogP contribution >= 0.6 is 11.3 Å². The van der Waals surface area contributed by atoms with Crippen LogP contribution in [0.4, 0.5) is 18.9 Å². The molecule has 30 heavy (non-hydrogen) atoms. The van der Waals surface area contributed by atoms with Gasteiger partial charge in [0.15, 0.2) is 0 Å². The third-order valence-electron chi connectivity index (χ3n) is 4.14. The number of hydrogen-bond acceptors (Lipinski definition) is 5. The molecule has 0 spiro atoms. The first kappa shape index (κ1) is 19.9. The summed E-state index contributed by atoms with van der Waals surface area (Å²) in [5, 5.41) is 5.64. The number of rotatable bonds is 6. The largest absolute Gasteiger partial charge is 0.457 e. The van der Waals surface area contributed by atoms with Crippen LogP contribution in [0.15, 0.2) is 78.3 Å². The van der Waals surface area contributed by atoms with Gasteiger partial charge in [-0.05, 0) is 36.4 Å². The van der Waals surface area contributed by atoms with E-state index in [1.165, 1.54) is 17.4 Å². The molecule has 0 aliphatic heterocycles. The summed E-state index contributed by atoms with van der Waals surface area (Å²) in [6.07, 6.45) is -3.34. The number of para-hydroxylation sites is 1. The Bertz CT molecular complexity index is 1130. The van der Waals surface area contributed by atoms with Gasteiger partial charge in [0.1, 0.15) is 22.2 Å². The summed E-state index contributed by atoms with van der Waals surface area (Å²) in [7, 11) is 0. The summed E-state index contributed by atoms with van der Waals surface area (Å²) in [5.74, 6) is 1.44. The highest BCUT2D eigenvalue weighted by molar-refractivity contribution is 7.13. The molecule has 4 aromatic rings. The zero-order chi connectivity index (χ0) is 21.0. The molecule has 0 aliphatic rings. The number of thiazole rings is 1. The maximum absolute atomic E-state index is 12.8. The molecular formula is C22H16F3N3OS. The number of hydrogen-bond donors (Lipinski definition) is 1. The minimum atomic E-state index is -4.47. The first-order chi connectivity index (χ1) is 14.5. The number of aromatic nitrogens is 2. The van der Waals surface area contributed by atoms with E-state index >= 15 is 0 Å². The van der Waals surface area contributed by atoms with E-state index in [0.717, 1.165) is 34.3 Å². The Balaban J connectivity index is 1.44. The van der Waals surface area contributed by atoms with Gasteiger partial charge in [-0.25, -0.2) is 4.98 Å². The molecule has 0 unspecified atom stereocenters. The highest BCUT2D eigenvalue weighted by atomic mass is 32.1. The van der Waals surface area contributed by atoms with Crippen molar-refractivity contribution in [3.8, 4) is 22.1 Å². The quantitative estimate of drug-likeness (QED) is 0.375. The topological polar surface area (TPSA) is 47.0 Å². The number of pyridine rings is 1. The lowest BCUT2D eigenvalue weighted by molar-refractivity contribution is -0.141. The van der Waals surface area contributed by atoms with Crippen molar-refractivity contribution in [2.24, 2.45) is 0 Å². The Morgan fingerprint density at radius 1 is 0.933 bits per heavy atom. The molecule has 2 aromatic heterocycles. The third kappa shape index (κ3) is 4.96. The van der Waals surface area contributed by atoms with E-state index in [9.17, 15) is 13.2 Å². The van der Waals surface area contributed by atoms with Gasteiger partial charge in [0.25, 0.3) is 0 Å². The van der Waals surface area contributed by atoms with E-state index in [4.69, 9.17) is 4.74 Å². The lowest BCUT2D eigenvalue weighted by Gasteiger charge is -2.09. The first-order valence-corrected chi connectivity index (χ1v) is 9.90. The standard InChI is InChI=1S/C22H16F3N3OS/c23-22(24,25)20-12-16(9-10-26-20)27-13-17-14-30-21(28-17)15-5-4-8-19(11-15)29-18-6-2-1-3-7-18/h1-12,14H,13H2,(H,26,27). The Kier molecular flexibility index (Phi) is 5.67. The van der Waals surface area contributed by atoms with Crippen LogP contribution < -0.4 is 10.1 Å². The van der Waals surface area contributed by atoms with E-state index in [1.807, 2.05) is 60.0 Å². The number of anilines is 1. The highest BCUT2D eigenvalue weighted by Crippen LogP contribution is 2.30. The molecule has 0 radical (unpaired) electrons. The van der Waals surface area contributed by atoms with Crippen molar-refractivity contribution < 1.29 is 17.9 Å². The molecule has 0 saturated carbocycles. The normalized spacial score (nSPS) is 11.3. The van der Waals surface area contributed by atoms with Gasteiger partial charge in [-0.2, -0.15) is 13.2 Å². The van der Waals surface area contributed by atoms with Crippen molar-refractivity contribution in [3.63, 3.8) is 0 Å². The van der Waals surface area contributed by atoms with Crippen LogP contribution in [0.3, 0.4) is 0 Å². The van der Waals surface area contributed by atoms with Crippen molar-refractivity contribution in [1.29, 1.82) is 0 Å². The van der Waals surface area contributed by atoms with Gasteiger partial charge in [0.2, 0.25) is 0 Å². The highest BCUT2D eigenvalue weighted by Gasteiger charge is 2.32. The fraction of sp³-hybridized carbons (Fsp3) is 0.0909. The second-order valence-electron chi connectivity index (χ2n) is 6.37. The zero-order valence-electron chi connectivity index (χ0n) is 15.6. The van der Waals surface area contributed by atoms with E-state index < -0.39 is 11.9 Å². The summed E-state index contributed by atoms with van der Waals surface area (Å²) in [6, 6.07) is 19.6. The van der Waals surface area contributed by atoms with Crippen LogP contribution in [0.5, 0.6) is 11.5 Å². The van der Waals surface area contributed by atoms with E-state index in [-0.39, 0.29) is 0 Å². The molecule has 0 saturated heterocycles. The van der Waals surface area contributed by atoms with Gasteiger partial charge in [-0.1, -0.05) is 30.3 Å². The monoisotopic (exact) mass is 427 g/mol. The fourth-order valence-corrected chi connectivity index (χ4v) is 3.54. The van der Waals surface area contributed by atoms with Crippen LogP contribution in [0.1, 0.15) is 11.4 Å². The van der Waals surface area contributed by atoms with E-state index in [0.29, 0.717) is 18.0 Å². The summed E-state index contributed by atoms with van der Waals surface area (Å²) in [4.78, 5) is 7.93. The molecule has 2 heterocycles. The summed E-state index contributed by atoms with van der Waals surface area (Å²) >= 11 is 1.46. The number of halogens is 3. The molecule has 8 heteroatoms. The third-order valence-corrected chi connectivity index (χ3v) is 5.08. The zero-order valence-corrected chi connectivity index (χ0v) is 16.4. The van der Waals surface area contributed by atoms with Gasteiger partial charge < -0.3 is 10.1 Å². The van der Waals surface area contributed by atoms with Crippen molar-refractivity contribution in [3.05, 3.63) is 89.7 Å². The minimum absolute atomic E-state index is 0.304. The van der Waals surface area contributed by atoms with Crippen LogP contribution in [0, 0.1) is 0 Å². The SMILES string of the molecule is FC(F)(F)c1cc(NCc2csc(-c3cccc(Oc4ccccc4)c3)n2)ccn1. The molecular weight excluding hydrogens is 411 g/mol. The average molecular weight is 427 g/mol. The van der Waals surface area contributed by atoms with E-state index in [1.54, 1.807) is 0 Å². The predicted molar refractivity (Wildman–Crippen MR) is 111 cm³/mol. The molecule has 4 nitrogen and oxygen atoms in total. The Labute approximate surface area is 175 Å². The van der Waals surface area contributed by atoms with Gasteiger partial charge in [0, 0.05) is 22.8 Å². The van der Waals surface area contributed by atoms with Gasteiger partial charge in [0.05, 0.1) is 12.2 Å². The van der Waals surface area contributed by atoms with Crippen molar-refractivity contribution >= 4 is 17.0 Å². The molecule has 0 aliphatic carbocycles. The maximum Gasteiger partial charge on any atom is 0.433 e. The second kappa shape index (κ2) is 8.54. The van der Waals surface area contributed by atoms with Crippen molar-refractivity contribution in [2.45, 2.75) is 12.7 Å². The van der Waals surface area contributed by atoms with Gasteiger partial charge >= 0.3 is 6.18 Å². The van der Waals surface area contributed by atoms with Gasteiger partial charge in [-0.15, -0.1) is 11.3 Å². The summed E-state index contributed by atoms with van der Waals surface area (Å²) < 4.78 is 44.2. The fourth-order valence-electron chi connectivity index (χ4n) is 2.73. The molecule has 1 N–H and O–H groups in total. The maximum atomic E-state index is 12.8. The second-order valence-corrected chi connectivity index (χ2v) is 7.23. The molecule has 2 aromatic carbocycles. The molecule has 0 amide bonds. The number of ether oxygens (including phenoxy) is 1. The average Bonchev–Trinajstić information content (AvgIpc) is 3.22. The van der Waals surface area contributed by atoms with Crippen LogP contribution in [-0.2, 0) is 12.7 Å². The molecule has 0 fully saturated rings. The molecule has 0 bridgehead atoms. The predicted octanol–water partition coefficient (Wildman–Crippen LogP) is 6.63. The Hall–Kier alpha value is -3.39. The minimum Gasteiger partial charge on any atom is -0.457 e. The number of nitrogens with zero attached hydrogens (tertiary/aromatic N) is 2. The molecule has 4 rings (SSSR count). The lowest BCUT2D eigenvalue weighted by atomic mass is 10.2.